The summed E-state index contributed by atoms with van der Waals surface area (Å²) in [5.41, 5.74) is 2.20. The van der Waals surface area contributed by atoms with E-state index in [1.54, 1.807) is 7.11 Å². The zero-order valence-electron chi connectivity index (χ0n) is 12.5. The average molecular weight is 303 g/mol. The first-order valence-electron chi connectivity index (χ1n) is 7.51. The van der Waals surface area contributed by atoms with Crippen LogP contribution < -0.4 is 5.32 Å². The van der Waals surface area contributed by atoms with Gasteiger partial charge in [0.15, 0.2) is 5.78 Å². The van der Waals surface area contributed by atoms with Crippen LogP contribution in [0.5, 0.6) is 0 Å². The van der Waals surface area contributed by atoms with Crippen LogP contribution in [-0.4, -0.2) is 50.6 Å². The molecule has 0 amide bonds. The van der Waals surface area contributed by atoms with Gasteiger partial charge in [0.05, 0.1) is 6.61 Å². The number of nitrogens with zero attached hydrogens (tertiary/aromatic N) is 1. The number of nitrogens with one attached hydrogen (secondary N) is 1. The summed E-state index contributed by atoms with van der Waals surface area (Å²) in [7, 11) is 1.71. The summed E-state index contributed by atoms with van der Waals surface area (Å²) in [5, 5.41) is 3.40. The number of Topliss-reactive ketones (excluding diaryl/α,β-unsaturated/α-hetero) is 1. The fourth-order valence-corrected chi connectivity index (χ4v) is 2.92. The molecule has 0 aromatic carbocycles. The van der Waals surface area contributed by atoms with Crippen molar-refractivity contribution in [3.8, 4) is 0 Å². The third-order valence-electron chi connectivity index (χ3n) is 4.01. The van der Waals surface area contributed by atoms with Gasteiger partial charge in [0, 0.05) is 37.9 Å². The first-order valence-corrected chi connectivity index (χ1v) is 7.51. The molecular weight excluding hydrogens is 276 g/mol. The maximum atomic E-state index is 12.2. The lowest BCUT2D eigenvalue weighted by Crippen LogP contribution is -2.36. The number of methoxy groups -OCH3 is 1. The molecule has 1 aliphatic carbocycles. The van der Waals surface area contributed by atoms with Crippen molar-refractivity contribution < 1.29 is 9.53 Å². The van der Waals surface area contributed by atoms with Crippen molar-refractivity contribution in [1.82, 2.24) is 10.2 Å². The number of carbonyl (C=O) groups excluding carboxylic acids is 1. The molecule has 1 heterocycles. The Morgan fingerprint density at radius 3 is 2.60 bits per heavy atom. The minimum absolute atomic E-state index is 0. The molecule has 0 radical (unpaired) electrons. The quantitative estimate of drug-likeness (QED) is 0.763. The highest BCUT2D eigenvalue weighted by molar-refractivity contribution is 5.97. The van der Waals surface area contributed by atoms with E-state index >= 15 is 0 Å². The van der Waals surface area contributed by atoms with E-state index in [0.717, 1.165) is 51.0 Å². The molecule has 0 atom stereocenters. The van der Waals surface area contributed by atoms with E-state index < -0.39 is 0 Å². The normalized spacial score (nSPS) is 20.8. The number of piperidine rings is 1. The fraction of sp³-hybridized carbons (Fsp3) is 0.800. The van der Waals surface area contributed by atoms with Gasteiger partial charge in [0.2, 0.25) is 0 Å². The Bertz CT molecular complexity index is 339. The summed E-state index contributed by atoms with van der Waals surface area (Å²) < 4.78 is 5.06. The Balaban J connectivity index is 0.00000200. The van der Waals surface area contributed by atoms with Gasteiger partial charge in [0.25, 0.3) is 0 Å². The van der Waals surface area contributed by atoms with Gasteiger partial charge in [-0.1, -0.05) is 6.42 Å². The van der Waals surface area contributed by atoms with Crippen molar-refractivity contribution in [2.75, 3.05) is 39.9 Å². The first kappa shape index (κ1) is 17.5. The zero-order valence-corrected chi connectivity index (χ0v) is 13.3. The number of allylic oxidation sites excluding steroid dienone is 1. The van der Waals surface area contributed by atoms with Crippen LogP contribution >= 0.6 is 12.4 Å². The van der Waals surface area contributed by atoms with E-state index in [4.69, 9.17) is 4.74 Å². The molecule has 0 aromatic heterocycles. The van der Waals surface area contributed by atoms with E-state index in [2.05, 4.69) is 10.2 Å². The molecule has 2 aliphatic rings. The SMILES string of the molecule is COCCNC1=C(CN2CCCCC2)C(=O)CCC1.Cl. The van der Waals surface area contributed by atoms with Crippen LogP contribution in [0.25, 0.3) is 0 Å². The standard InChI is InChI=1S/C15H26N2O2.ClH/c1-19-11-8-16-14-6-5-7-15(18)13(14)12-17-9-3-2-4-10-17;/h16H,2-12H2,1H3;1H. The molecule has 2 rings (SSSR count). The number of carbonyl (C=O) groups is 1. The number of hydrogen-bond acceptors (Lipinski definition) is 4. The van der Waals surface area contributed by atoms with Crippen molar-refractivity contribution in [2.45, 2.75) is 38.5 Å². The lowest BCUT2D eigenvalue weighted by molar-refractivity contribution is -0.116. The van der Waals surface area contributed by atoms with Crippen molar-refractivity contribution in [2.24, 2.45) is 0 Å². The Kier molecular flexibility index (Phi) is 8.19. The van der Waals surface area contributed by atoms with Crippen molar-refractivity contribution in [1.29, 1.82) is 0 Å². The monoisotopic (exact) mass is 302 g/mol. The maximum absolute atomic E-state index is 12.2. The lowest BCUT2D eigenvalue weighted by Gasteiger charge is -2.29. The molecule has 20 heavy (non-hydrogen) atoms. The van der Waals surface area contributed by atoms with Crippen LogP contribution in [0.15, 0.2) is 11.3 Å². The Morgan fingerprint density at radius 2 is 1.90 bits per heavy atom. The van der Waals surface area contributed by atoms with Gasteiger partial charge < -0.3 is 10.1 Å². The largest absolute Gasteiger partial charge is 0.386 e. The molecule has 116 valence electrons. The molecule has 0 saturated carbocycles. The van der Waals surface area contributed by atoms with Gasteiger partial charge in [-0.25, -0.2) is 0 Å². The summed E-state index contributed by atoms with van der Waals surface area (Å²) in [6, 6.07) is 0. The van der Waals surface area contributed by atoms with Crippen molar-refractivity contribution >= 4 is 18.2 Å². The van der Waals surface area contributed by atoms with E-state index in [0.29, 0.717) is 12.4 Å². The van der Waals surface area contributed by atoms with E-state index in [-0.39, 0.29) is 12.4 Å². The van der Waals surface area contributed by atoms with Crippen LogP contribution in [0.4, 0.5) is 0 Å². The van der Waals surface area contributed by atoms with Gasteiger partial charge in [-0.3, -0.25) is 9.69 Å². The summed E-state index contributed by atoms with van der Waals surface area (Å²) in [4.78, 5) is 14.6. The van der Waals surface area contributed by atoms with Crippen LogP contribution in [0.1, 0.15) is 38.5 Å². The predicted octanol–water partition coefficient (Wildman–Crippen LogP) is 2.14. The molecule has 1 N–H and O–H groups in total. The van der Waals surface area contributed by atoms with Gasteiger partial charge in [-0.05, 0) is 38.8 Å². The topological polar surface area (TPSA) is 41.6 Å². The second-order valence-corrected chi connectivity index (χ2v) is 5.49. The van der Waals surface area contributed by atoms with Gasteiger partial charge in [-0.2, -0.15) is 0 Å². The third-order valence-corrected chi connectivity index (χ3v) is 4.01. The highest BCUT2D eigenvalue weighted by Gasteiger charge is 2.23. The van der Waals surface area contributed by atoms with Gasteiger partial charge >= 0.3 is 0 Å². The molecule has 0 aromatic rings. The molecule has 5 heteroatoms. The maximum Gasteiger partial charge on any atom is 0.161 e. The average Bonchev–Trinajstić information content (AvgIpc) is 2.44. The molecule has 4 nitrogen and oxygen atoms in total. The molecule has 0 spiro atoms. The summed E-state index contributed by atoms with van der Waals surface area (Å²) >= 11 is 0. The highest BCUT2D eigenvalue weighted by Crippen LogP contribution is 2.22. The molecule has 1 aliphatic heterocycles. The summed E-state index contributed by atoms with van der Waals surface area (Å²) in [5.74, 6) is 0.344. The molecule has 0 bridgehead atoms. The number of likely N-dealkylation sites (tertiary alicyclic amines) is 1. The van der Waals surface area contributed by atoms with Crippen LogP contribution in [-0.2, 0) is 9.53 Å². The minimum Gasteiger partial charge on any atom is -0.386 e. The van der Waals surface area contributed by atoms with Crippen LogP contribution in [0.2, 0.25) is 0 Å². The van der Waals surface area contributed by atoms with Crippen molar-refractivity contribution in [3.63, 3.8) is 0 Å². The minimum atomic E-state index is 0. The molecule has 1 saturated heterocycles. The smallest absolute Gasteiger partial charge is 0.161 e. The highest BCUT2D eigenvalue weighted by atomic mass is 35.5. The van der Waals surface area contributed by atoms with Gasteiger partial charge in [0.1, 0.15) is 0 Å². The molecule has 1 fully saturated rings. The van der Waals surface area contributed by atoms with E-state index in [1.165, 1.54) is 25.0 Å². The van der Waals surface area contributed by atoms with Crippen LogP contribution in [0.3, 0.4) is 0 Å². The second kappa shape index (κ2) is 9.37. The van der Waals surface area contributed by atoms with Crippen LogP contribution in [0, 0.1) is 0 Å². The Labute approximate surface area is 128 Å². The number of hydrogen-bond donors (Lipinski definition) is 1. The predicted molar refractivity (Wildman–Crippen MR) is 83.3 cm³/mol. The first-order chi connectivity index (χ1) is 9.31. The van der Waals surface area contributed by atoms with E-state index in [1.807, 2.05) is 0 Å². The number of halogens is 1. The Hall–Kier alpha value is -0.580. The number of ether oxygens (including phenoxy) is 1. The third kappa shape index (κ3) is 5.08. The second-order valence-electron chi connectivity index (χ2n) is 5.49. The molecule has 0 unspecified atom stereocenters. The Morgan fingerprint density at radius 1 is 1.15 bits per heavy atom. The molecular formula is C15H27ClN2O2. The lowest BCUT2D eigenvalue weighted by atomic mass is 9.94. The van der Waals surface area contributed by atoms with Crippen molar-refractivity contribution in [3.05, 3.63) is 11.3 Å². The fourth-order valence-electron chi connectivity index (χ4n) is 2.92. The number of rotatable bonds is 6. The van der Waals surface area contributed by atoms with Gasteiger partial charge in [-0.15, -0.1) is 12.4 Å². The summed E-state index contributed by atoms with van der Waals surface area (Å²) in [6.45, 7) is 4.61. The number of ketones is 1. The summed E-state index contributed by atoms with van der Waals surface area (Å²) in [6.07, 6.45) is 6.60. The zero-order chi connectivity index (χ0) is 13.5. The van der Waals surface area contributed by atoms with E-state index in [9.17, 15) is 4.79 Å².